The highest BCUT2D eigenvalue weighted by Crippen LogP contribution is 2.17. The molecule has 0 heterocycles. The summed E-state index contributed by atoms with van der Waals surface area (Å²) in [5.41, 5.74) is 0. The van der Waals surface area contributed by atoms with Gasteiger partial charge in [0.25, 0.3) is 0 Å². The highest BCUT2D eigenvalue weighted by Gasteiger charge is 2.02. The zero-order valence-electron chi connectivity index (χ0n) is 12.9. The molecule has 1 atom stereocenters. The van der Waals surface area contributed by atoms with Crippen LogP contribution >= 0.6 is 31.9 Å². The van der Waals surface area contributed by atoms with Crippen molar-refractivity contribution < 1.29 is 0 Å². The molecule has 0 spiro atoms. The number of unbranched alkanes of at least 4 members (excludes halogenated alkanes) is 11. The lowest BCUT2D eigenvalue weighted by Gasteiger charge is -2.07. The fraction of sp³-hybridized carbons (Fsp3) is 1.00. The van der Waals surface area contributed by atoms with Gasteiger partial charge in [0.1, 0.15) is 0 Å². The third-order valence-corrected chi connectivity index (χ3v) is 5.17. The minimum absolute atomic E-state index is 0.731. The van der Waals surface area contributed by atoms with Crippen LogP contribution in [0.15, 0.2) is 0 Å². The SMILES string of the molecule is CCCCCCCCCCCCCCC(Br)CCBr. The predicted molar refractivity (Wildman–Crippen MR) is 96.8 cm³/mol. The van der Waals surface area contributed by atoms with E-state index in [9.17, 15) is 0 Å². The second kappa shape index (κ2) is 17.0. The number of hydrogen-bond acceptors (Lipinski definition) is 0. The summed E-state index contributed by atoms with van der Waals surface area (Å²) in [5, 5.41) is 1.13. The van der Waals surface area contributed by atoms with E-state index in [2.05, 4.69) is 38.8 Å². The Balaban J connectivity index is 2.99. The fourth-order valence-electron chi connectivity index (χ4n) is 2.47. The molecule has 0 saturated carbocycles. The van der Waals surface area contributed by atoms with Crippen LogP contribution in [0.4, 0.5) is 0 Å². The quantitative estimate of drug-likeness (QED) is 0.197. The Morgan fingerprint density at radius 2 is 1.05 bits per heavy atom. The van der Waals surface area contributed by atoms with Gasteiger partial charge in [-0.1, -0.05) is 116 Å². The van der Waals surface area contributed by atoms with Crippen molar-refractivity contribution in [3.63, 3.8) is 0 Å². The van der Waals surface area contributed by atoms with Gasteiger partial charge in [-0.15, -0.1) is 0 Å². The van der Waals surface area contributed by atoms with Gasteiger partial charge in [-0.25, -0.2) is 0 Å². The van der Waals surface area contributed by atoms with Gasteiger partial charge >= 0.3 is 0 Å². The van der Waals surface area contributed by atoms with Crippen molar-refractivity contribution in [2.24, 2.45) is 0 Å². The summed E-state index contributed by atoms with van der Waals surface area (Å²) in [6.07, 6.45) is 20.0. The Bertz CT molecular complexity index is 159. The first kappa shape index (κ1) is 20.0. The number of alkyl halides is 2. The van der Waals surface area contributed by atoms with E-state index in [1.807, 2.05) is 0 Å². The van der Waals surface area contributed by atoms with Crippen LogP contribution in [0.5, 0.6) is 0 Å². The van der Waals surface area contributed by atoms with Gasteiger partial charge in [-0.3, -0.25) is 0 Å². The van der Waals surface area contributed by atoms with Crippen LogP contribution in [-0.4, -0.2) is 10.2 Å². The maximum absolute atomic E-state index is 3.74. The molecule has 1 unspecified atom stereocenters. The molecule has 2 heteroatoms. The molecule has 0 aromatic heterocycles. The molecular weight excluding hydrogens is 364 g/mol. The van der Waals surface area contributed by atoms with E-state index >= 15 is 0 Å². The lowest BCUT2D eigenvalue weighted by atomic mass is 10.0. The monoisotopic (exact) mass is 396 g/mol. The summed E-state index contributed by atoms with van der Waals surface area (Å²) in [6, 6.07) is 0. The van der Waals surface area contributed by atoms with Crippen LogP contribution in [0.3, 0.4) is 0 Å². The molecule has 0 fully saturated rings. The molecule has 0 N–H and O–H groups in total. The summed E-state index contributed by atoms with van der Waals surface area (Å²) >= 11 is 7.23. The molecule has 0 rings (SSSR count). The van der Waals surface area contributed by atoms with Crippen molar-refractivity contribution >= 4 is 31.9 Å². The number of halogens is 2. The van der Waals surface area contributed by atoms with E-state index in [0.717, 1.165) is 10.2 Å². The van der Waals surface area contributed by atoms with Gasteiger partial charge in [-0.2, -0.15) is 0 Å². The van der Waals surface area contributed by atoms with E-state index in [4.69, 9.17) is 0 Å². The Morgan fingerprint density at radius 1 is 0.632 bits per heavy atom. The van der Waals surface area contributed by atoms with Gasteiger partial charge in [0, 0.05) is 10.2 Å². The first-order valence-electron chi connectivity index (χ1n) is 8.51. The third-order valence-electron chi connectivity index (χ3n) is 3.79. The lowest BCUT2D eigenvalue weighted by molar-refractivity contribution is 0.537. The molecule has 0 aromatic carbocycles. The summed E-state index contributed by atoms with van der Waals surface area (Å²) in [7, 11) is 0. The van der Waals surface area contributed by atoms with Gasteiger partial charge < -0.3 is 0 Å². The number of hydrogen-bond donors (Lipinski definition) is 0. The predicted octanol–water partition coefficient (Wildman–Crippen LogP) is 7.63. The maximum Gasteiger partial charge on any atom is 0.0153 e. The first-order chi connectivity index (χ1) is 9.31. The van der Waals surface area contributed by atoms with Crippen LogP contribution in [-0.2, 0) is 0 Å². The van der Waals surface area contributed by atoms with Crippen LogP contribution in [0.25, 0.3) is 0 Å². The number of rotatable bonds is 15. The summed E-state index contributed by atoms with van der Waals surface area (Å²) < 4.78 is 0. The molecule has 19 heavy (non-hydrogen) atoms. The molecule has 0 aliphatic rings. The van der Waals surface area contributed by atoms with Crippen molar-refractivity contribution in [2.75, 3.05) is 5.33 Å². The second-order valence-corrected chi connectivity index (χ2v) is 7.84. The molecular formula is C17H34Br2. The van der Waals surface area contributed by atoms with Gasteiger partial charge in [0.05, 0.1) is 0 Å². The van der Waals surface area contributed by atoms with Crippen molar-refractivity contribution in [3.8, 4) is 0 Å². The molecule has 0 nitrogen and oxygen atoms in total. The maximum atomic E-state index is 3.74. The topological polar surface area (TPSA) is 0 Å². The lowest BCUT2D eigenvalue weighted by Crippen LogP contribution is -1.97. The average molecular weight is 398 g/mol. The van der Waals surface area contributed by atoms with E-state index in [1.54, 1.807) is 0 Å². The molecule has 0 aliphatic carbocycles. The minimum atomic E-state index is 0.731. The van der Waals surface area contributed by atoms with Crippen molar-refractivity contribution in [3.05, 3.63) is 0 Å². The summed E-state index contributed by atoms with van der Waals surface area (Å²) in [4.78, 5) is 0.731. The van der Waals surface area contributed by atoms with Crippen LogP contribution in [0.2, 0.25) is 0 Å². The van der Waals surface area contributed by atoms with Crippen LogP contribution in [0, 0.1) is 0 Å². The normalized spacial score (nSPS) is 12.8. The van der Waals surface area contributed by atoms with E-state index < -0.39 is 0 Å². The zero-order chi connectivity index (χ0) is 14.2. The van der Waals surface area contributed by atoms with E-state index in [-0.39, 0.29) is 0 Å². The molecule has 0 radical (unpaired) electrons. The minimum Gasteiger partial charge on any atom is -0.0928 e. The second-order valence-electron chi connectivity index (χ2n) is 5.75. The van der Waals surface area contributed by atoms with Crippen LogP contribution < -0.4 is 0 Å². The fourth-order valence-corrected chi connectivity index (χ4v) is 4.19. The van der Waals surface area contributed by atoms with Crippen molar-refractivity contribution in [2.45, 2.75) is 102 Å². The van der Waals surface area contributed by atoms with Crippen molar-refractivity contribution in [1.29, 1.82) is 0 Å². The standard InChI is InChI=1S/C17H34Br2/c1-2-3-4-5-6-7-8-9-10-11-12-13-14-17(19)15-16-18/h17H,2-16H2,1H3. The van der Waals surface area contributed by atoms with Gasteiger partial charge in [0.2, 0.25) is 0 Å². The Hall–Kier alpha value is 0.960. The Labute approximate surface area is 138 Å². The smallest absolute Gasteiger partial charge is 0.0153 e. The molecule has 0 saturated heterocycles. The molecule has 0 aliphatic heterocycles. The summed E-state index contributed by atoms with van der Waals surface area (Å²) in [6.45, 7) is 2.29. The largest absolute Gasteiger partial charge is 0.0928 e. The zero-order valence-corrected chi connectivity index (χ0v) is 16.1. The Kier molecular flexibility index (Phi) is 17.9. The summed E-state index contributed by atoms with van der Waals surface area (Å²) in [5.74, 6) is 0. The van der Waals surface area contributed by atoms with E-state index in [0.29, 0.717) is 0 Å². The molecule has 0 bridgehead atoms. The highest BCUT2D eigenvalue weighted by molar-refractivity contribution is 9.10. The highest BCUT2D eigenvalue weighted by atomic mass is 79.9. The van der Waals surface area contributed by atoms with Crippen molar-refractivity contribution in [1.82, 2.24) is 0 Å². The molecule has 116 valence electrons. The molecule has 0 amide bonds. The third kappa shape index (κ3) is 16.9. The average Bonchev–Trinajstić information content (AvgIpc) is 2.40. The van der Waals surface area contributed by atoms with Gasteiger partial charge in [0.15, 0.2) is 0 Å². The van der Waals surface area contributed by atoms with Crippen LogP contribution in [0.1, 0.15) is 96.8 Å². The van der Waals surface area contributed by atoms with E-state index in [1.165, 1.54) is 89.9 Å². The van der Waals surface area contributed by atoms with Gasteiger partial charge in [-0.05, 0) is 12.8 Å². The molecule has 0 aromatic rings. The Morgan fingerprint density at radius 3 is 1.47 bits per heavy atom. The first-order valence-corrected chi connectivity index (χ1v) is 10.5.